The molecule has 0 aliphatic heterocycles. The number of alkyl halides is 1. The van der Waals surface area contributed by atoms with Crippen LogP contribution < -0.4 is 0 Å². The minimum Gasteiger partial charge on any atom is -0.294 e. The molecule has 0 saturated heterocycles. The van der Waals surface area contributed by atoms with Crippen LogP contribution in [0.15, 0.2) is 48.5 Å². The Morgan fingerprint density at radius 2 is 1.50 bits per heavy atom. The lowest BCUT2D eigenvalue weighted by Gasteiger charge is -2.22. The Bertz CT molecular complexity index is 525. The highest BCUT2D eigenvalue weighted by Gasteiger charge is 2.13. The van der Waals surface area contributed by atoms with Crippen molar-refractivity contribution in [3.8, 4) is 0 Å². The molecule has 4 heteroatoms. The smallest absolute Gasteiger partial charge is 0.130 e. The van der Waals surface area contributed by atoms with Crippen LogP contribution in [0.25, 0.3) is 0 Å². The van der Waals surface area contributed by atoms with Crippen LogP contribution in [-0.4, -0.2) is 16.8 Å². The Labute approximate surface area is 126 Å². The zero-order chi connectivity index (χ0) is 14.4. The van der Waals surface area contributed by atoms with Crippen LogP contribution in [0.1, 0.15) is 11.1 Å². The third-order valence-electron chi connectivity index (χ3n) is 3.09. The summed E-state index contributed by atoms with van der Waals surface area (Å²) >= 11 is 3.38. The summed E-state index contributed by atoms with van der Waals surface area (Å²) in [7, 11) is 0. The van der Waals surface area contributed by atoms with Crippen molar-refractivity contribution in [3.63, 3.8) is 0 Å². The highest BCUT2D eigenvalue weighted by atomic mass is 79.9. The molecule has 2 rings (SSSR count). The van der Waals surface area contributed by atoms with Crippen LogP contribution in [0.3, 0.4) is 0 Å². The van der Waals surface area contributed by atoms with E-state index >= 15 is 0 Å². The molecule has 0 saturated carbocycles. The van der Waals surface area contributed by atoms with Gasteiger partial charge < -0.3 is 0 Å². The van der Waals surface area contributed by atoms with Gasteiger partial charge in [0.05, 0.1) is 0 Å². The van der Waals surface area contributed by atoms with Crippen molar-refractivity contribution in [2.24, 2.45) is 0 Å². The number of rotatable bonds is 6. The minimum absolute atomic E-state index is 0.129. The van der Waals surface area contributed by atoms with Crippen molar-refractivity contribution < 1.29 is 8.78 Å². The van der Waals surface area contributed by atoms with Crippen molar-refractivity contribution in [1.29, 1.82) is 0 Å². The average molecular weight is 340 g/mol. The van der Waals surface area contributed by atoms with E-state index in [2.05, 4.69) is 15.9 Å². The van der Waals surface area contributed by atoms with Gasteiger partial charge >= 0.3 is 0 Å². The lowest BCUT2D eigenvalue weighted by atomic mass is 10.1. The van der Waals surface area contributed by atoms with E-state index in [9.17, 15) is 8.78 Å². The Hall–Kier alpha value is -1.26. The second kappa shape index (κ2) is 7.50. The Kier molecular flexibility index (Phi) is 5.68. The monoisotopic (exact) mass is 339 g/mol. The van der Waals surface area contributed by atoms with Crippen LogP contribution in [-0.2, 0) is 13.1 Å². The van der Waals surface area contributed by atoms with Gasteiger partial charge in [0.15, 0.2) is 0 Å². The summed E-state index contributed by atoms with van der Waals surface area (Å²) in [4.78, 5) is 2.02. The second-order valence-corrected chi connectivity index (χ2v) is 5.38. The quantitative estimate of drug-likeness (QED) is 0.706. The van der Waals surface area contributed by atoms with Gasteiger partial charge in [-0.05, 0) is 17.7 Å². The van der Waals surface area contributed by atoms with E-state index in [1.54, 1.807) is 0 Å². The van der Waals surface area contributed by atoms with Crippen molar-refractivity contribution in [1.82, 2.24) is 4.90 Å². The van der Waals surface area contributed by atoms with Crippen LogP contribution in [0.5, 0.6) is 0 Å². The zero-order valence-corrected chi connectivity index (χ0v) is 12.6. The molecule has 0 radical (unpaired) electrons. The summed E-state index contributed by atoms with van der Waals surface area (Å²) in [5, 5.41) is 0.760. The maximum atomic E-state index is 13.7. The molecule has 20 heavy (non-hydrogen) atoms. The maximum Gasteiger partial charge on any atom is 0.130 e. The molecule has 0 amide bonds. The number of benzene rings is 2. The first kappa shape index (κ1) is 15.1. The number of hydrogen-bond donors (Lipinski definition) is 0. The van der Waals surface area contributed by atoms with Crippen molar-refractivity contribution in [3.05, 3.63) is 71.3 Å². The first-order valence-electron chi connectivity index (χ1n) is 6.46. The van der Waals surface area contributed by atoms with E-state index in [4.69, 9.17) is 0 Å². The highest BCUT2D eigenvalue weighted by molar-refractivity contribution is 9.09. The van der Waals surface area contributed by atoms with Gasteiger partial charge in [-0.15, -0.1) is 0 Å². The van der Waals surface area contributed by atoms with E-state index < -0.39 is 11.6 Å². The molecule has 2 aromatic rings. The Morgan fingerprint density at radius 1 is 0.850 bits per heavy atom. The van der Waals surface area contributed by atoms with Gasteiger partial charge in [0.2, 0.25) is 0 Å². The van der Waals surface area contributed by atoms with Crippen LogP contribution in [0, 0.1) is 11.6 Å². The summed E-state index contributed by atoms with van der Waals surface area (Å²) in [6.07, 6.45) is 0. The molecule has 0 N–H and O–H groups in total. The SMILES string of the molecule is Fc1cccc(F)c1CN(CCBr)Cc1ccccc1. The Balaban J connectivity index is 2.13. The van der Waals surface area contributed by atoms with Gasteiger partial charge in [-0.2, -0.15) is 0 Å². The fourth-order valence-corrected chi connectivity index (χ4v) is 2.58. The number of hydrogen-bond acceptors (Lipinski definition) is 1. The predicted molar refractivity (Wildman–Crippen MR) is 80.7 cm³/mol. The van der Waals surface area contributed by atoms with E-state index in [1.807, 2.05) is 35.2 Å². The first-order chi connectivity index (χ1) is 9.70. The summed E-state index contributed by atoms with van der Waals surface area (Å²) < 4.78 is 27.4. The average Bonchev–Trinajstić information content (AvgIpc) is 2.44. The highest BCUT2D eigenvalue weighted by Crippen LogP contribution is 2.16. The van der Waals surface area contributed by atoms with E-state index in [1.165, 1.54) is 18.2 Å². The van der Waals surface area contributed by atoms with Gasteiger partial charge in [-0.25, -0.2) is 8.78 Å². The fraction of sp³-hybridized carbons (Fsp3) is 0.250. The number of nitrogens with zero attached hydrogens (tertiary/aromatic N) is 1. The number of halogens is 3. The third kappa shape index (κ3) is 4.12. The molecule has 0 aliphatic carbocycles. The van der Waals surface area contributed by atoms with Gasteiger partial charge in [0.1, 0.15) is 11.6 Å². The van der Waals surface area contributed by atoms with E-state index in [0.717, 1.165) is 17.4 Å². The van der Waals surface area contributed by atoms with E-state index in [-0.39, 0.29) is 12.1 Å². The molecule has 106 valence electrons. The van der Waals surface area contributed by atoms with Crippen molar-refractivity contribution >= 4 is 15.9 Å². The Morgan fingerprint density at radius 3 is 2.10 bits per heavy atom. The molecule has 0 atom stereocenters. The lowest BCUT2D eigenvalue weighted by molar-refractivity contribution is 0.265. The summed E-state index contributed by atoms with van der Waals surface area (Å²) in [6.45, 7) is 1.65. The summed E-state index contributed by atoms with van der Waals surface area (Å²) in [5.41, 5.74) is 1.26. The molecule has 0 fully saturated rings. The van der Waals surface area contributed by atoms with Crippen LogP contribution >= 0.6 is 15.9 Å². The van der Waals surface area contributed by atoms with E-state index in [0.29, 0.717) is 6.54 Å². The molecule has 0 bridgehead atoms. The van der Waals surface area contributed by atoms with Crippen LogP contribution in [0.2, 0.25) is 0 Å². The first-order valence-corrected chi connectivity index (χ1v) is 7.58. The van der Waals surface area contributed by atoms with Gasteiger partial charge in [0, 0.05) is 30.5 Å². The minimum atomic E-state index is -0.488. The fourth-order valence-electron chi connectivity index (χ4n) is 2.08. The molecule has 0 aromatic heterocycles. The largest absolute Gasteiger partial charge is 0.294 e. The third-order valence-corrected chi connectivity index (χ3v) is 3.45. The molecule has 0 spiro atoms. The molecule has 0 heterocycles. The molecule has 0 unspecified atom stereocenters. The normalized spacial score (nSPS) is 11.0. The predicted octanol–water partition coefficient (Wildman–Crippen LogP) is 4.36. The summed E-state index contributed by atoms with van der Waals surface area (Å²) in [5.74, 6) is -0.977. The second-order valence-electron chi connectivity index (χ2n) is 4.59. The molecule has 2 aromatic carbocycles. The molecule has 1 nitrogen and oxygen atoms in total. The van der Waals surface area contributed by atoms with Gasteiger partial charge in [-0.1, -0.05) is 52.3 Å². The van der Waals surface area contributed by atoms with Crippen molar-refractivity contribution in [2.45, 2.75) is 13.1 Å². The standard InChI is InChI=1S/C16H16BrF2N/c17-9-10-20(11-13-5-2-1-3-6-13)12-14-15(18)7-4-8-16(14)19/h1-8H,9-12H2. The van der Waals surface area contributed by atoms with Crippen molar-refractivity contribution in [2.75, 3.05) is 11.9 Å². The lowest BCUT2D eigenvalue weighted by Crippen LogP contribution is -2.26. The van der Waals surface area contributed by atoms with Gasteiger partial charge in [-0.3, -0.25) is 4.90 Å². The zero-order valence-electron chi connectivity index (χ0n) is 11.0. The van der Waals surface area contributed by atoms with Crippen LogP contribution in [0.4, 0.5) is 8.78 Å². The topological polar surface area (TPSA) is 3.24 Å². The molecule has 0 aliphatic rings. The summed E-state index contributed by atoms with van der Waals surface area (Å²) in [6, 6.07) is 13.9. The molecular formula is C16H16BrF2N. The van der Waals surface area contributed by atoms with Gasteiger partial charge in [0.25, 0.3) is 0 Å². The molecular weight excluding hydrogens is 324 g/mol. The maximum absolute atomic E-state index is 13.7.